The summed E-state index contributed by atoms with van der Waals surface area (Å²) < 4.78 is 53.9. The van der Waals surface area contributed by atoms with Crippen LogP contribution in [0.15, 0.2) is 137 Å². The summed E-state index contributed by atoms with van der Waals surface area (Å²) in [6.45, 7) is 8.78. The van der Waals surface area contributed by atoms with Crippen LogP contribution in [0.4, 0.5) is 0 Å². The van der Waals surface area contributed by atoms with Gasteiger partial charge >= 0.3 is 53.7 Å². The number of nitrogens with two attached hydrogens (primary N) is 1. The van der Waals surface area contributed by atoms with Gasteiger partial charge in [0.25, 0.3) is 0 Å². The number of fused-ring (bicyclic) bond motifs is 2. The number of esters is 8. The number of aromatic nitrogens is 2. The molecule has 4 aromatic heterocycles. The third-order valence-electron chi connectivity index (χ3n) is 12.8. The minimum atomic E-state index is -1.12. The average Bonchev–Trinajstić information content (AvgIpc) is 1.81. The van der Waals surface area contributed by atoms with Gasteiger partial charge in [0.05, 0.1) is 80.4 Å². The summed E-state index contributed by atoms with van der Waals surface area (Å²) in [7, 11) is 0. The van der Waals surface area contributed by atoms with E-state index in [4.69, 9.17) is 69.5 Å². The van der Waals surface area contributed by atoms with E-state index in [0.717, 1.165) is 16.7 Å². The van der Waals surface area contributed by atoms with Crippen molar-refractivity contribution in [1.29, 1.82) is 0 Å². The molecule has 474 valence electrons. The molecule has 24 nitrogen and oxygen atoms in total. The predicted octanol–water partition coefficient (Wildman–Crippen LogP) is 9.42. The van der Waals surface area contributed by atoms with Gasteiger partial charge in [-0.25, -0.2) is 9.59 Å². The minimum Gasteiger partial charge on any atom is -0.481 e. The molecule has 4 atom stereocenters. The summed E-state index contributed by atoms with van der Waals surface area (Å²) in [6, 6.07) is 33.0. The molecule has 4 heterocycles. The zero-order valence-electron chi connectivity index (χ0n) is 49.5. The summed E-state index contributed by atoms with van der Waals surface area (Å²) in [6.07, 6.45) is 4.15. The Kier molecular flexibility index (Phi) is 31.3. The summed E-state index contributed by atoms with van der Waals surface area (Å²) in [4.78, 5) is 106. The number of nitrogens with zero attached hydrogens (tertiary/aromatic N) is 2. The Morgan fingerprint density at radius 1 is 0.489 bits per heavy atom. The van der Waals surface area contributed by atoms with E-state index in [9.17, 15) is 43.2 Å². The molecule has 0 aliphatic rings. The van der Waals surface area contributed by atoms with Gasteiger partial charge in [-0.3, -0.25) is 42.7 Å². The molecule has 7 rings (SSSR count). The van der Waals surface area contributed by atoms with E-state index in [1.165, 1.54) is 27.7 Å². The molecular formula is C63H74ClN3O21. The van der Waals surface area contributed by atoms with Crippen molar-refractivity contribution in [2.45, 2.75) is 112 Å². The quantitative estimate of drug-likeness (QED) is 0.0223. The highest BCUT2D eigenvalue weighted by molar-refractivity contribution is 6.17. The van der Waals surface area contributed by atoms with Crippen LogP contribution >= 0.6 is 11.6 Å². The second-order valence-corrected chi connectivity index (χ2v) is 19.2. The van der Waals surface area contributed by atoms with Crippen molar-refractivity contribution in [1.82, 2.24) is 9.13 Å². The molecule has 0 radical (unpaired) electrons. The van der Waals surface area contributed by atoms with Crippen molar-refractivity contribution in [2.75, 3.05) is 25.9 Å². The number of furan rings is 2. The van der Waals surface area contributed by atoms with Gasteiger partial charge in [-0.2, -0.15) is 0 Å². The number of aliphatic hydroxyl groups excluding tert-OH is 1. The number of benzene rings is 3. The van der Waals surface area contributed by atoms with Gasteiger partial charge in [-0.15, -0.1) is 0 Å². The smallest absolute Gasteiger partial charge is 0.355 e. The number of carbonyl (C=O) groups excluding carboxylic acids is 8. The van der Waals surface area contributed by atoms with Crippen LogP contribution in [0, 0.1) is 17.8 Å². The zero-order valence-corrected chi connectivity index (χ0v) is 50.3. The average molecular weight is 1240 g/mol. The van der Waals surface area contributed by atoms with E-state index in [2.05, 4.69) is 4.74 Å². The molecule has 4 N–H and O–H groups in total. The van der Waals surface area contributed by atoms with Crippen LogP contribution in [0.2, 0.25) is 0 Å². The van der Waals surface area contributed by atoms with E-state index in [-0.39, 0.29) is 83.2 Å². The van der Waals surface area contributed by atoms with E-state index < -0.39 is 84.1 Å². The number of rotatable bonds is 29. The van der Waals surface area contributed by atoms with Gasteiger partial charge in [0, 0.05) is 24.3 Å². The number of ether oxygens (including phenoxy) is 8. The third kappa shape index (κ3) is 23.5. The number of carbonyl (C=O) groups is 9. The van der Waals surface area contributed by atoms with E-state index >= 15 is 0 Å². The van der Waals surface area contributed by atoms with E-state index in [1.54, 1.807) is 45.9 Å². The molecule has 0 aliphatic heterocycles. The molecular weight excluding hydrogens is 1170 g/mol. The second kappa shape index (κ2) is 38.7. The monoisotopic (exact) mass is 1240 g/mol. The van der Waals surface area contributed by atoms with Crippen LogP contribution in [0.25, 0.3) is 22.2 Å². The molecule has 0 amide bonds. The Morgan fingerprint density at radius 2 is 0.841 bits per heavy atom. The van der Waals surface area contributed by atoms with Gasteiger partial charge in [-0.05, 0) is 49.8 Å². The molecule has 0 spiro atoms. The maximum Gasteiger partial charge on any atom is 0.355 e. The minimum absolute atomic E-state index is 0.0130. The zero-order chi connectivity index (χ0) is 64.4. The van der Waals surface area contributed by atoms with Gasteiger partial charge in [0.1, 0.15) is 37.3 Å². The lowest BCUT2D eigenvalue weighted by molar-refractivity contribution is -0.158. The van der Waals surface area contributed by atoms with Crippen LogP contribution in [-0.4, -0.2) is 105 Å². The van der Waals surface area contributed by atoms with Crippen LogP contribution in [0.3, 0.4) is 0 Å². The van der Waals surface area contributed by atoms with Crippen molar-refractivity contribution in [3.05, 3.63) is 156 Å². The molecule has 0 saturated carbocycles. The SMILES string of the molecule is CCC(CC(=O)OCc1ccccc1)C(=O)O.CCC(CC(=O)OCc1ccccc1)C(=O)OCCl.CCOC(=O)c1cc2occc2n1COC(=O)C(CC)CC(=O)OCc1ccccc1.CCOC(=O)c1cc2occc2n1COC(=O)C(N)CO. The summed E-state index contributed by atoms with van der Waals surface area (Å²) >= 11 is 5.32. The Hall–Kier alpha value is -9.26. The number of carboxylic acid groups (broad SMARTS) is 1. The maximum atomic E-state index is 12.6. The normalized spacial score (nSPS) is 11.9. The highest BCUT2D eigenvalue weighted by Gasteiger charge is 2.27. The van der Waals surface area contributed by atoms with Crippen LogP contribution in [0.5, 0.6) is 0 Å². The molecule has 25 heteroatoms. The number of carboxylic acids is 1. The fourth-order valence-electron chi connectivity index (χ4n) is 7.90. The first-order chi connectivity index (χ1) is 42.4. The molecule has 0 fully saturated rings. The molecule has 0 saturated heterocycles. The summed E-state index contributed by atoms with van der Waals surface area (Å²) in [5.41, 5.74) is 10.6. The number of hydrogen-bond acceptors (Lipinski definition) is 21. The Bertz CT molecular complexity index is 3300. The largest absolute Gasteiger partial charge is 0.481 e. The van der Waals surface area contributed by atoms with Crippen LogP contribution in [-0.2, 0) is 105 Å². The topological polar surface area (TPSA) is 330 Å². The maximum absolute atomic E-state index is 12.6. The molecule has 0 bridgehead atoms. The fraction of sp³-hybridized carbons (Fsp3) is 0.381. The lowest BCUT2D eigenvalue weighted by Gasteiger charge is -2.15. The number of aliphatic carboxylic acids is 1. The van der Waals surface area contributed by atoms with Crippen molar-refractivity contribution >= 4 is 87.5 Å². The highest BCUT2D eigenvalue weighted by Crippen LogP contribution is 2.25. The summed E-state index contributed by atoms with van der Waals surface area (Å²) in [5.74, 6) is -6.98. The first kappa shape index (κ1) is 71.2. The van der Waals surface area contributed by atoms with Gasteiger partial charge in [0.2, 0.25) is 0 Å². The first-order valence-corrected chi connectivity index (χ1v) is 28.7. The second-order valence-electron chi connectivity index (χ2n) is 18.9. The third-order valence-corrected chi connectivity index (χ3v) is 13.0. The van der Waals surface area contributed by atoms with Crippen molar-refractivity contribution < 1.29 is 100 Å². The number of hydrogen-bond donors (Lipinski definition) is 3. The molecule has 88 heavy (non-hydrogen) atoms. The first-order valence-electron chi connectivity index (χ1n) is 28.1. The van der Waals surface area contributed by atoms with Gasteiger partial charge < -0.3 is 62.7 Å². The molecule has 4 unspecified atom stereocenters. The standard InChI is InChI=1S/C23H25NO7.C14H17ClO4.C13H16N2O6.C13H16O4/c1-3-17(12-21(25)30-14-16-8-6-5-7-9-16)22(26)31-15-24-18-10-11-29-20(18)13-19(24)23(27)28-4-2;1-2-12(14(17)19-10-15)8-13(16)18-9-11-6-4-3-5-7-11;1-2-19-13(18)10-5-11-9(3-4-20-11)15(10)7-21-12(17)8(14)6-16;1-2-11(13(15)16)8-12(14)17-9-10-6-4-3-5-7-10/h5-11,13,17H,3-4,12,14-15H2,1-2H3;3-7,12H,2,8-10H2,1H3;3-5,8,16H,2,6-7,14H2,1H3;3-7,11H,2,8-9H2,1H3,(H,15,16). The predicted molar refractivity (Wildman–Crippen MR) is 316 cm³/mol. The number of halogens is 1. The number of alkyl halides is 1. The number of aliphatic hydroxyl groups is 1. The molecule has 3 aromatic carbocycles. The Balaban J connectivity index is 0.000000259. The lowest BCUT2D eigenvalue weighted by Crippen LogP contribution is -2.36. The van der Waals surface area contributed by atoms with Crippen LogP contribution in [0.1, 0.15) is 111 Å². The van der Waals surface area contributed by atoms with Crippen molar-refractivity contribution in [3.63, 3.8) is 0 Å². The van der Waals surface area contributed by atoms with Crippen molar-refractivity contribution in [2.24, 2.45) is 23.5 Å². The lowest BCUT2D eigenvalue weighted by atomic mass is 10.0. The van der Waals surface area contributed by atoms with E-state index in [1.807, 2.05) is 97.9 Å². The van der Waals surface area contributed by atoms with Crippen molar-refractivity contribution in [3.8, 4) is 0 Å². The van der Waals surface area contributed by atoms with Gasteiger partial charge in [0.15, 0.2) is 30.7 Å². The Morgan fingerprint density at radius 3 is 1.17 bits per heavy atom. The van der Waals surface area contributed by atoms with Crippen LogP contribution < -0.4 is 5.73 Å². The fourth-order valence-corrected chi connectivity index (χ4v) is 8.01. The van der Waals surface area contributed by atoms with E-state index in [0.29, 0.717) is 41.5 Å². The molecule has 0 aliphatic carbocycles. The Labute approximate surface area is 512 Å². The summed E-state index contributed by atoms with van der Waals surface area (Å²) in [5, 5.41) is 17.6. The molecule has 7 aromatic rings. The van der Waals surface area contributed by atoms with Gasteiger partial charge in [-0.1, -0.05) is 123 Å². The highest BCUT2D eigenvalue weighted by atomic mass is 35.5.